The number of alkyl halides is 4. The van der Waals surface area contributed by atoms with Crippen molar-refractivity contribution in [2.45, 2.75) is 82.2 Å². The Morgan fingerprint density at radius 1 is 0.344 bits per heavy atom. The highest BCUT2D eigenvalue weighted by molar-refractivity contribution is 9.26. The number of hydrogen-bond acceptors (Lipinski definition) is 16. The largest absolute Gasteiger partial charge is 0.504 e. The normalized spacial score (nSPS) is 20.7. The van der Waals surface area contributed by atoms with E-state index in [0.29, 0.717) is 61.9 Å². The van der Waals surface area contributed by atoms with Gasteiger partial charge in [-0.25, -0.2) is 0 Å². The maximum atomic E-state index is 11.2. The van der Waals surface area contributed by atoms with Gasteiger partial charge < -0.3 is 51.1 Å². The lowest BCUT2D eigenvalue weighted by Crippen LogP contribution is -2.32. The van der Waals surface area contributed by atoms with E-state index in [-0.39, 0.29) is 68.6 Å². The van der Waals surface area contributed by atoms with Crippen molar-refractivity contribution in [3.63, 3.8) is 0 Å². The Labute approximate surface area is 654 Å². The zero-order valence-corrected chi connectivity index (χ0v) is 69.1. The molecule has 8 atom stereocenters. The molecule has 0 radical (unpaired) electrons. The van der Waals surface area contributed by atoms with E-state index in [1.807, 2.05) is 0 Å². The molecule has 0 heterocycles. The topological polar surface area (TPSA) is 305 Å². The molecule has 6 aromatic rings. The van der Waals surface area contributed by atoms with Gasteiger partial charge in [0.2, 0.25) is 32.6 Å². The minimum absolute atomic E-state index is 0.0124. The summed E-state index contributed by atoms with van der Waals surface area (Å²) in [7, 11) is 0. The SMILES string of the molecule is C1=CCC=CC1.C1=CCCC=C1.O=c1c(Br)cc(Br)cc(Br)c1O.O=c1c(Br)cccc(Br)c1O.O=c1cc(Br)cccc1O.O=c1ccc(Br)ccc1O.O=c1ccccc(Br)c1O.O=c1cccccc1O.OC1CC2C(CC1O)C2(Br)Br.OC1CCC2C(C1O)C2(Br)Br. The first kappa shape index (κ1) is 86.9. The third kappa shape index (κ3) is 30.5. The Bertz CT molecular complexity index is 4000. The molecule has 96 heavy (non-hydrogen) atoms. The van der Waals surface area contributed by atoms with E-state index >= 15 is 0 Å². The molecular weight excluding hydrogens is 2030 g/mol. The van der Waals surface area contributed by atoms with Crippen LogP contribution in [-0.2, 0) is 0 Å². The Hall–Kier alpha value is -3.30. The van der Waals surface area contributed by atoms with Crippen molar-refractivity contribution >= 4 is 191 Å². The molecule has 4 saturated carbocycles. The predicted octanol–water partition coefficient (Wildman–Crippen LogP) is 16.9. The van der Waals surface area contributed by atoms with Crippen molar-refractivity contribution in [1.29, 1.82) is 0 Å². The molecule has 6 aliphatic rings. The van der Waals surface area contributed by atoms with E-state index in [1.54, 1.807) is 91.0 Å². The maximum Gasteiger partial charge on any atom is 0.235 e. The molecule has 516 valence electrons. The highest BCUT2D eigenvalue weighted by Crippen LogP contribution is 2.68. The van der Waals surface area contributed by atoms with E-state index in [0.717, 1.165) is 30.2 Å². The van der Waals surface area contributed by atoms with E-state index in [9.17, 15) is 54.3 Å². The number of aliphatic hydroxyl groups excluding tert-OH is 4. The Kier molecular flexibility index (Phi) is 40.0. The first-order chi connectivity index (χ1) is 45.1. The molecule has 0 aromatic heterocycles. The van der Waals surface area contributed by atoms with Gasteiger partial charge in [0.15, 0.2) is 34.5 Å². The molecule has 8 unspecified atom stereocenters. The van der Waals surface area contributed by atoms with E-state index in [1.165, 1.54) is 55.3 Å². The number of allylic oxidation sites excluding steroid dienone is 8. The lowest BCUT2D eigenvalue weighted by Gasteiger charge is -2.21. The molecule has 0 amide bonds. The summed E-state index contributed by atoms with van der Waals surface area (Å²) < 4.78 is 3.91. The first-order valence-corrected chi connectivity index (χ1v) is 38.0. The number of rotatable bonds is 0. The highest BCUT2D eigenvalue weighted by atomic mass is 79.9. The predicted molar refractivity (Wildman–Crippen MR) is 421 cm³/mol. The highest BCUT2D eigenvalue weighted by Gasteiger charge is 2.67. The second kappa shape index (κ2) is 44.2. The third-order valence-electron chi connectivity index (χ3n) is 13.8. The van der Waals surface area contributed by atoms with Crippen LogP contribution in [-0.4, -0.2) is 81.9 Å². The number of aromatic hydroxyl groups is 6. The van der Waals surface area contributed by atoms with Crippen LogP contribution in [0.3, 0.4) is 0 Å². The molecule has 6 aliphatic carbocycles. The van der Waals surface area contributed by atoms with E-state index in [2.05, 4.69) is 240 Å². The van der Waals surface area contributed by atoms with Crippen LogP contribution < -0.4 is 32.6 Å². The summed E-state index contributed by atoms with van der Waals surface area (Å²) in [5, 5.41) is 91.4. The lowest BCUT2D eigenvalue weighted by molar-refractivity contribution is -0.0173. The number of hydrogen-bond donors (Lipinski definition) is 10. The minimum atomic E-state index is -0.549. The van der Waals surface area contributed by atoms with Gasteiger partial charge >= 0.3 is 0 Å². The zero-order chi connectivity index (χ0) is 72.0. The minimum Gasteiger partial charge on any atom is -0.504 e. The molecule has 0 saturated heterocycles. The Balaban J connectivity index is 0.000000279. The molecule has 4 fully saturated rings. The molecule has 0 bridgehead atoms. The third-order valence-corrected chi connectivity index (χ3v) is 23.0. The van der Waals surface area contributed by atoms with E-state index in [4.69, 9.17) is 25.5 Å². The van der Waals surface area contributed by atoms with Crippen molar-refractivity contribution < 1.29 is 51.1 Å². The van der Waals surface area contributed by atoms with Gasteiger partial charge in [-0.1, -0.05) is 203 Å². The monoisotopic (exact) mass is 2080 g/mol. The fourth-order valence-electron chi connectivity index (χ4n) is 8.45. The van der Waals surface area contributed by atoms with Crippen molar-refractivity contribution in [2.75, 3.05) is 0 Å². The van der Waals surface area contributed by atoms with Crippen molar-refractivity contribution in [3.05, 3.63) is 279 Å². The summed E-state index contributed by atoms with van der Waals surface area (Å²) in [6.45, 7) is 0. The quantitative estimate of drug-likeness (QED) is 0.0499. The molecule has 0 aliphatic heterocycles. The average Bonchev–Trinajstić information content (AvgIpc) is 1.57. The van der Waals surface area contributed by atoms with Crippen LogP contribution in [0.4, 0.5) is 0 Å². The van der Waals surface area contributed by atoms with Crippen LogP contribution in [0.2, 0.25) is 0 Å². The zero-order valence-electron chi connectivity index (χ0n) is 50.1. The van der Waals surface area contributed by atoms with Gasteiger partial charge in [0, 0.05) is 25.4 Å². The molecular formula is C68H64Br12O16. The fourth-order valence-corrected chi connectivity index (χ4v) is 15.7. The molecule has 28 heteroatoms. The lowest BCUT2D eigenvalue weighted by atomic mass is 9.95. The summed E-state index contributed by atoms with van der Waals surface area (Å²) in [4.78, 5) is 65.0. The van der Waals surface area contributed by atoms with E-state index < -0.39 is 35.3 Å². The molecule has 10 N–H and O–H groups in total. The van der Waals surface area contributed by atoms with Crippen molar-refractivity contribution in [2.24, 2.45) is 23.7 Å². The van der Waals surface area contributed by atoms with Crippen LogP contribution >= 0.6 is 191 Å². The van der Waals surface area contributed by atoms with Crippen LogP contribution in [0.15, 0.2) is 247 Å². The Morgan fingerprint density at radius 2 is 0.781 bits per heavy atom. The van der Waals surface area contributed by atoms with Gasteiger partial charge in [-0.3, -0.25) is 28.8 Å². The summed E-state index contributed by atoms with van der Waals surface area (Å²) in [5.41, 5.74) is -2.33. The second-order valence-corrected chi connectivity index (χ2v) is 35.2. The number of fused-ring (bicyclic) bond motifs is 2. The first-order valence-electron chi connectivity index (χ1n) is 28.5. The summed E-state index contributed by atoms with van der Waals surface area (Å²) >= 11 is 38.7. The molecule has 12 rings (SSSR count). The van der Waals surface area contributed by atoms with Gasteiger partial charge in [0.1, 0.15) is 0 Å². The average molecular weight is 2100 g/mol. The van der Waals surface area contributed by atoms with Crippen LogP contribution in [0.5, 0.6) is 34.5 Å². The summed E-state index contributed by atoms with van der Waals surface area (Å²) in [6.07, 6.45) is 23.0. The summed E-state index contributed by atoms with van der Waals surface area (Å²) in [5.74, 6) is 0.213. The van der Waals surface area contributed by atoms with Gasteiger partial charge in [-0.05, 0) is 234 Å². The van der Waals surface area contributed by atoms with Crippen molar-refractivity contribution in [1.82, 2.24) is 0 Å². The van der Waals surface area contributed by atoms with Crippen LogP contribution in [0, 0.1) is 23.7 Å². The van der Waals surface area contributed by atoms with Gasteiger partial charge in [-0.15, -0.1) is 0 Å². The maximum absolute atomic E-state index is 11.2. The summed E-state index contributed by atoms with van der Waals surface area (Å²) in [6, 6.07) is 33.5. The second-order valence-electron chi connectivity index (χ2n) is 20.8. The molecule has 0 spiro atoms. The van der Waals surface area contributed by atoms with Crippen LogP contribution in [0.25, 0.3) is 0 Å². The molecule has 16 nitrogen and oxygen atoms in total. The fraction of sp³-hybridized carbons (Fsp3) is 0.265. The Morgan fingerprint density at radius 3 is 1.34 bits per heavy atom. The molecule has 6 aromatic carbocycles. The number of aliphatic hydroxyl groups is 4. The van der Waals surface area contributed by atoms with Gasteiger partial charge in [0.25, 0.3) is 0 Å². The smallest absolute Gasteiger partial charge is 0.235 e. The van der Waals surface area contributed by atoms with Crippen molar-refractivity contribution in [3.8, 4) is 34.5 Å². The van der Waals surface area contributed by atoms with Crippen LogP contribution in [0.1, 0.15) is 51.4 Å². The van der Waals surface area contributed by atoms with Gasteiger partial charge in [-0.2, -0.15) is 0 Å². The van der Waals surface area contributed by atoms with Gasteiger partial charge in [0.05, 0.1) is 53.2 Å². The standard InChI is InChI=1S/C7H3Br3O2.2C7H10Br2O2.C7H4Br2O2.3C7H5BrO2.C7H6O2.2C6H8/c8-3-1-4(9)6(11)7(12)5(10)2-3;8-7(9)3-1-5(10)6(11)2-4(3)7;8-7(9)3-1-2-4(10)6(11)5(3)7;8-4-2-1-3-5(9)7(11)6(4)10;8-5-1-3-6(9)7(10)4-2-5;8-5-2-1-3-6(9)7(10)4-5;8-5-3-1-2-4-6(9)7(5)10;8-6-4-2-1-3-5-7(6)9;2*1-2-4-6-5-3-1/h1-2H,(H,11,12);2*3-6,10-11H,1-2H2;1-3H,(H,10,11);3*1-4H,(H,9,10);1-5H,(H,8,9);1-2,5-6H,3-4H2;1-4H,5-6H2. The number of halogens is 12.